The van der Waals surface area contributed by atoms with Crippen LogP contribution >= 0.6 is 35.0 Å². The molecule has 2 atom stereocenters. The van der Waals surface area contributed by atoms with Gasteiger partial charge in [0, 0.05) is 11.2 Å². The van der Waals surface area contributed by atoms with Crippen molar-refractivity contribution in [3.8, 4) is 0 Å². The molecule has 30 heavy (non-hydrogen) atoms. The van der Waals surface area contributed by atoms with Gasteiger partial charge in [0.2, 0.25) is 0 Å². The molecule has 164 valence electrons. The largest absolute Gasteiger partial charge is 0.481 e. The first-order chi connectivity index (χ1) is 13.8. The first-order valence-electron chi connectivity index (χ1n) is 8.58. The number of benzene rings is 2. The maximum Gasteiger partial charge on any atom is 0.310 e. The lowest BCUT2D eigenvalue weighted by Gasteiger charge is -2.08. The molecule has 0 bridgehead atoms. The molecule has 0 aromatic heterocycles. The van der Waals surface area contributed by atoms with Gasteiger partial charge in [-0.05, 0) is 55.5 Å². The fourth-order valence-electron chi connectivity index (χ4n) is 2.32. The number of hydrogen-bond acceptors (Lipinski definition) is 5. The average Bonchev–Trinajstić information content (AvgIpc) is 2.65. The van der Waals surface area contributed by atoms with E-state index in [1.54, 1.807) is 30.8 Å². The normalized spacial score (nSPS) is 13.0. The second-order valence-corrected chi connectivity index (χ2v) is 10.1. The van der Waals surface area contributed by atoms with Crippen molar-refractivity contribution in [3.05, 3.63) is 57.6 Å². The van der Waals surface area contributed by atoms with Crippen LogP contribution in [0.3, 0.4) is 0 Å². The van der Waals surface area contributed by atoms with E-state index < -0.39 is 33.6 Å². The highest BCUT2D eigenvalue weighted by molar-refractivity contribution is 7.98. The van der Waals surface area contributed by atoms with Crippen LogP contribution < -0.4 is 0 Å². The summed E-state index contributed by atoms with van der Waals surface area (Å²) in [6, 6.07) is 9.52. The molecule has 2 aromatic rings. The molecular weight excluding hydrogens is 471 g/mol. The minimum Gasteiger partial charge on any atom is -0.481 e. The topological polar surface area (TPSA) is 109 Å². The Kier molecular flexibility index (Phi) is 9.68. The third kappa shape index (κ3) is 7.19. The number of sulfone groups is 1. The summed E-state index contributed by atoms with van der Waals surface area (Å²) in [4.78, 5) is 22.4. The second kappa shape index (κ2) is 11.0. The number of carbonyl (C=O) groups is 2. The van der Waals surface area contributed by atoms with Gasteiger partial charge in [0.25, 0.3) is 0 Å². The Morgan fingerprint density at radius 2 is 1.33 bits per heavy atom. The molecule has 2 rings (SSSR count). The highest BCUT2D eigenvalue weighted by Crippen LogP contribution is 2.29. The molecule has 2 N–H and O–H groups in total. The molecule has 0 radical (unpaired) electrons. The average molecular weight is 493 g/mol. The third-order valence-electron chi connectivity index (χ3n) is 4.27. The Balaban J connectivity index is 0.000000303. The molecule has 0 fully saturated rings. The minimum atomic E-state index is -3.38. The minimum absolute atomic E-state index is 0.00973. The lowest BCUT2D eigenvalue weighted by Crippen LogP contribution is -2.08. The molecule has 0 aliphatic heterocycles. The van der Waals surface area contributed by atoms with E-state index in [2.05, 4.69) is 0 Å². The zero-order valence-electron chi connectivity index (χ0n) is 16.7. The summed E-state index contributed by atoms with van der Waals surface area (Å²) in [6.45, 7) is 3.15. The van der Waals surface area contributed by atoms with Crippen molar-refractivity contribution in [1.82, 2.24) is 0 Å². The van der Waals surface area contributed by atoms with Crippen LogP contribution in [0.25, 0.3) is 0 Å². The maximum absolute atomic E-state index is 11.3. The maximum atomic E-state index is 11.3. The number of hydrogen-bond donors (Lipinski definition) is 2. The van der Waals surface area contributed by atoms with Gasteiger partial charge in [0.05, 0.1) is 26.8 Å². The lowest BCUT2D eigenvalue weighted by molar-refractivity contribution is -0.139. The number of halogens is 2. The van der Waals surface area contributed by atoms with Gasteiger partial charge in [-0.15, -0.1) is 11.8 Å². The summed E-state index contributed by atoms with van der Waals surface area (Å²) in [6.07, 6.45) is 2.98. The zero-order chi connectivity index (χ0) is 23.2. The van der Waals surface area contributed by atoms with E-state index in [4.69, 9.17) is 33.4 Å². The molecule has 0 saturated heterocycles. The lowest BCUT2D eigenvalue weighted by atomic mass is 10.0. The van der Waals surface area contributed by atoms with Crippen molar-refractivity contribution < 1.29 is 28.2 Å². The monoisotopic (exact) mass is 492 g/mol. The van der Waals surface area contributed by atoms with Crippen LogP contribution in [0.2, 0.25) is 10.0 Å². The third-order valence-corrected chi connectivity index (χ3v) is 7.07. The predicted octanol–water partition coefficient (Wildman–Crippen LogP) is 5.18. The molecular formula is C20H22Cl2O6S2. The van der Waals surface area contributed by atoms with Crippen LogP contribution in [0.1, 0.15) is 36.8 Å². The van der Waals surface area contributed by atoms with Crippen LogP contribution in [0.15, 0.2) is 46.2 Å². The van der Waals surface area contributed by atoms with E-state index in [-0.39, 0.29) is 9.92 Å². The van der Waals surface area contributed by atoms with Gasteiger partial charge in [-0.3, -0.25) is 9.59 Å². The fraction of sp³-hybridized carbons (Fsp3) is 0.300. The van der Waals surface area contributed by atoms with Crippen molar-refractivity contribution in [2.45, 2.75) is 35.5 Å². The number of carboxylic acid groups (broad SMARTS) is 2. The van der Waals surface area contributed by atoms with Crippen molar-refractivity contribution in [2.24, 2.45) is 0 Å². The van der Waals surface area contributed by atoms with Gasteiger partial charge < -0.3 is 10.2 Å². The molecule has 0 spiro atoms. The molecule has 0 heterocycles. The van der Waals surface area contributed by atoms with Crippen molar-refractivity contribution in [2.75, 3.05) is 12.5 Å². The first-order valence-corrected chi connectivity index (χ1v) is 12.4. The molecule has 0 aliphatic rings. The van der Waals surface area contributed by atoms with E-state index in [9.17, 15) is 18.0 Å². The number of carboxylic acids is 2. The molecule has 10 heteroatoms. The summed E-state index contributed by atoms with van der Waals surface area (Å²) in [7, 11) is -3.38. The Labute approximate surface area is 190 Å². The summed E-state index contributed by atoms with van der Waals surface area (Å²) < 4.78 is 22.5. The highest BCUT2D eigenvalue weighted by atomic mass is 35.5. The van der Waals surface area contributed by atoms with E-state index >= 15 is 0 Å². The van der Waals surface area contributed by atoms with Gasteiger partial charge >= 0.3 is 11.9 Å². The van der Waals surface area contributed by atoms with Crippen LogP contribution in [-0.2, 0) is 19.4 Å². The summed E-state index contributed by atoms with van der Waals surface area (Å²) in [5.74, 6) is -3.05. The standard InChI is InChI=1S/C10H11ClO4S.C10H11ClO2S/c1-6(10(12)13)7-3-4-9(8(11)5-7)16(2,14)15;1-6(10(12)13)7-3-4-9(14-2)8(11)5-7/h3-6H,1-2H3,(H,12,13);3-6H,1-2H3,(H,12,13). The molecule has 0 saturated carbocycles. The van der Waals surface area contributed by atoms with Gasteiger partial charge in [-0.25, -0.2) is 8.42 Å². The highest BCUT2D eigenvalue weighted by Gasteiger charge is 2.18. The quantitative estimate of drug-likeness (QED) is 0.534. The Bertz CT molecular complexity index is 1040. The van der Waals surface area contributed by atoms with Gasteiger partial charge in [-0.2, -0.15) is 0 Å². The van der Waals surface area contributed by atoms with Crippen LogP contribution in [0.5, 0.6) is 0 Å². The Morgan fingerprint density at radius 3 is 1.67 bits per heavy atom. The number of aliphatic carboxylic acids is 2. The van der Waals surface area contributed by atoms with E-state index in [1.165, 1.54) is 25.1 Å². The summed E-state index contributed by atoms with van der Waals surface area (Å²) in [5.41, 5.74) is 1.21. The van der Waals surface area contributed by atoms with Crippen LogP contribution in [0, 0.1) is 0 Å². The van der Waals surface area contributed by atoms with Crippen LogP contribution in [-0.4, -0.2) is 43.1 Å². The van der Waals surface area contributed by atoms with Crippen molar-refractivity contribution in [1.29, 1.82) is 0 Å². The fourth-order valence-corrected chi connectivity index (χ4v) is 4.54. The van der Waals surface area contributed by atoms with Gasteiger partial charge in [-0.1, -0.05) is 35.3 Å². The number of rotatable bonds is 6. The SMILES string of the molecule is CC(C(=O)O)c1ccc(S(C)(=O)=O)c(Cl)c1.CSc1ccc(C(C)C(=O)O)cc1Cl. The van der Waals surface area contributed by atoms with E-state index in [0.717, 1.165) is 16.7 Å². The van der Waals surface area contributed by atoms with Crippen LogP contribution in [0.4, 0.5) is 0 Å². The Morgan fingerprint density at radius 1 is 0.900 bits per heavy atom. The predicted molar refractivity (Wildman–Crippen MR) is 120 cm³/mol. The van der Waals surface area contributed by atoms with Crippen molar-refractivity contribution >= 4 is 56.7 Å². The second-order valence-electron chi connectivity index (χ2n) is 6.48. The molecule has 6 nitrogen and oxygen atoms in total. The first kappa shape index (κ1) is 26.3. The summed E-state index contributed by atoms with van der Waals surface area (Å²) in [5, 5.41) is 18.3. The van der Waals surface area contributed by atoms with E-state index in [0.29, 0.717) is 10.6 Å². The van der Waals surface area contributed by atoms with Gasteiger partial charge in [0.15, 0.2) is 9.84 Å². The summed E-state index contributed by atoms with van der Waals surface area (Å²) >= 11 is 13.3. The molecule has 0 amide bonds. The zero-order valence-corrected chi connectivity index (χ0v) is 19.9. The smallest absolute Gasteiger partial charge is 0.310 e. The van der Waals surface area contributed by atoms with Gasteiger partial charge in [0.1, 0.15) is 0 Å². The molecule has 2 unspecified atom stereocenters. The molecule has 2 aromatic carbocycles. The van der Waals surface area contributed by atoms with E-state index in [1.807, 2.05) is 12.3 Å². The van der Waals surface area contributed by atoms with Crippen molar-refractivity contribution in [3.63, 3.8) is 0 Å². The number of thioether (sulfide) groups is 1. The molecule has 0 aliphatic carbocycles. The Hall–Kier alpha value is -1.74.